The molecule has 106 valence electrons. The zero-order valence-corrected chi connectivity index (χ0v) is 12.0. The first kappa shape index (κ1) is 15.3. The van der Waals surface area contributed by atoms with Crippen LogP contribution in [0.1, 0.15) is 6.92 Å². The molecule has 0 aliphatic carbocycles. The lowest BCUT2D eigenvalue weighted by molar-refractivity contribution is -0.119. The van der Waals surface area contributed by atoms with Gasteiger partial charge < -0.3 is 10.1 Å². The molecule has 19 heavy (non-hydrogen) atoms. The second-order valence-corrected chi connectivity index (χ2v) is 5.75. The van der Waals surface area contributed by atoms with E-state index in [0.29, 0.717) is 18.0 Å². The standard InChI is InChI=1S/C12H18N2O4S/c1-4-18-11-8-6-5-7-10(11)14(19(3,16)17)9-12(15)13-2/h5-8H,4,9H2,1-3H3,(H,13,15). The van der Waals surface area contributed by atoms with Gasteiger partial charge in [0.15, 0.2) is 0 Å². The molecule has 0 saturated heterocycles. The van der Waals surface area contributed by atoms with Crippen LogP contribution in [0.3, 0.4) is 0 Å². The molecule has 0 radical (unpaired) electrons. The molecule has 0 fully saturated rings. The van der Waals surface area contributed by atoms with Crippen molar-refractivity contribution >= 4 is 21.6 Å². The second-order valence-electron chi connectivity index (χ2n) is 3.84. The molecule has 1 N–H and O–H groups in total. The Morgan fingerprint density at radius 2 is 2.00 bits per heavy atom. The lowest BCUT2D eigenvalue weighted by Crippen LogP contribution is -2.39. The van der Waals surface area contributed by atoms with E-state index in [1.54, 1.807) is 31.2 Å². The topological polar surface area (TPSA) is 75.7 Å². The minimum Gasteiger partial charge on any atom is -0.492 e. The quantitative estimate of drug-likeness (QED) is 0.831. The Morgan fingerprint density at radius 1 is 1.37 bits per heavy atom. The van der Waals surface area contributed by atoms with E-state index in [4.69, 9.17) is 4.74 Å². The molecule has 0 aliphatic heterocycles. The van der Waals surface area contributed by atoms with Crippen LogP contribution in [-0.4, -0.2) is 40.8 Å². The lowest BCUT2D eigenvalue weighted by Gasteiger charge is -2.23. The van der Waals surface area contributed by atoms with E-state index < -0.39 is 15.9 Å². The van der Waals surface area contributed by atoms with Gasteiger partial charge in [0, 0.05) is 7.05 Å². The monoisotopic (exact) mass is 286 g/mol. The van der Waals surface area contributed by atoms with Gasteiger partial charge in [-0.15, -0.1) is 0 Å². The molecule has 1 amide bonds. The van der Waals surface area contributed by atoms with Crippen molar-refractivity contribution in [1.29, 1.82) is 0 Å². The Labute approximate surface area is 113 Å². The summed E-state index contributed by atoms with van der Waals surface area (Å²) in [5.41, 5.74) is 0.357. The average Bonchev–Trinajstić information content (AvgIpc) is 2.35. The smallest absolute Gasteiger partial charge is 0.240 e. The third-order valence-corrected chi connectivity index (χ3v) is 3.53. The highest BCUT2D eigenvalue weighted by atomic mass is 32.2. The summed E-state index contributed by atoms with van der Waals surface area (Å²) >= 11 is 0. The first-order valence-electron chi connectivity index (χ1n) is 5.80. The number of benzene rings is 1. The zero-order valence-electron chi connectivity index (χ0n) is 11.2. The Balaban J connectivity index is 3.21. The number of hydrogen-bond acceptors (Lipinski definition) is 4. The number of likely N-dealkylation sites (N-methyl/N-ethyl adjacent to an activating group) is 1. The Kier molecular flexibility index (Phi) is 5.17. The van der Waals surface area contributed by atoms with Gasteiger partial charge in [-0.1, -0.05) is 12.1 Å². The maximum Gasteiger partial charge on any atom is 0.240 e. The van der Waals surface area contributed by atoms with Gasteiger partial charge in [-0.25, -0.2) is 8.42 Å². The van der Waals surface area contributed by atoms with Crippen LogP contribution in [0.4, 0.5) is 5.69 Å². The highest BCUT2D eigenvalue weighted by Gasteiger charge is 2.23. The molecule has 0 bridgehead atoms. The third-order valence-electron chi connectivity index (χ3n) is 2.40. The van der Waals surface area contributed by atoms with Crippen LogP contribution in [0, 0.1) is 0 Å². The molecule has 0 saturated carbocycles. The first-order chi connectivity index (χ1) is 8.90. The molecular formula is C12H18N2O4S. The molecule has 0 spiro atoms. The molecule has 0 aliphatic rings. The van der Waals surface area contributed by atoms with Gasteiger partial charge >= 0.3 is 0 Å². The van der Waals surface area contributed by atoms with E-state index in [9.17, 15) is 13.2 Å². The molecule has 1 aromatic carbocycles. The number of ether oxygens (including phenoxy) is 1. The first-order valence-corrected chi connectivity index (χ1v) is 7.65. The minimum atomic E-state index is -3.57. The highest BCUT2D eigenvalue weighted by molar-refractivity contribution is 7.92. The van der Waals surface area contributed by atoms with Gasteiger partial charge in [0.1, 0.15) is 12.3 Å². The summed E-state index contributed by atoms with van der Waals surface area (Å²) in [6.45, 7) is 1.94. The number of carbonyl (C=O) groups excluding carboxylic acids is 1. The van der Waals surface area contributed by atoms with Crippen molar-refractivity contribution in [1.82, 2.24) is 5.32 Å². The van der Waals surface area contributed by atoms with E-state index in [1.165, 1.54) is 7.05 Å². The number of rotatable bonds is 6. The third kappa shape index (κ3) is 4.13. The lowest BCUT2D eigenvalue weighted by atomic mass is 10.3. The number of carbonyl (C=O) groups is 1. The predicted octanol–water partition coefficient (Wildman–Crippen LogP) is 0.597. The number of amides is 1. The number of hydrogen-bond donors (Lipinski definition) is 1. The molecule has 0 atom stereocenters. The summed E-state index contributed by atoms with van der Waals surface area (Å²) in [5, 5.41) is 2.40. The average molecular weight is 286 g/mol. The molecule has 0 unspecified atom stereocenters. The SMILES string of the molecule is CCOc1ccccc1N(CC(=O)NC)S(C)(=O)=O. The Hall–Kier alpha value is -1.76. The predicted molar refractivity (Wildman–Crippen MR) is 73.9 cm³/mol. The van der Waals surface area contributed by atoms with Crippen LogP contribution in [0.5, 0.6) is 5.75 Å². The fourth-order valence-corrected chi connectivity index (χ4v) is 2.39. The van der Waals surface area contributed by atoms with E-state index >= 15 is 0 Å². The Morgan fingerprint density at radius 3 is 2.53 bits per heavy atom. The van der Waals surface area contributed by atoms with Crippen molar-refractivity contribution in [2.75, 3.05) is 30.8 Å². The van der Waals surface area contributed by atoms with Crippen LogP contribution in [-0.2, 0) is 14.8 Å². The van der Waals surface area contributed by atoms with Crippen molar-refractivity contribution in [3.63, 3.8) is 0 Å². The zero-order chi connectivity index (χ0) is 14.5. The van der Waals surface area contributed by atoms with Gasteiger partial charge in [-0.05, 0) is 19.1 Å². The highest BCUT2D eigenvalue weighted by Crippen LogP contribution is 2.29. The van der Waals surface area contributed by atoms with E-state index in [0.717, 1.165) is 10.6 Å². The summed E-state index contributed by atoms with van der Waals surface area (Å²) in [5.74, 6) is 0.0380. The fourth-order valence-electron chi connectivity index (χ4n) is 1.53. The molecule has 6 nitrogen and oxygen atoms in total. The van der Waals surface area contributed by atoms with Gasteiger partial charge in [-0.2, -0.15) is 0 Å². The summed E-state index contributed by atoms with van der Waals surface area (Å²) in [6, 6.07) is 6.71. The molecular weight excluding hydrogens is 268 g/mol. The minimum absolute atomic E-state index is 0.278. The van der Waals surface area contributed by atoms with Gasteiger partial charge in [0.25, 0.3) is 0 Å². The van der Waals surface area contributed by atoms with Crippen molar-refractivity contribution in [3.8, 4) is 5.75 Å². The van der Waals surface area contributed by atoms with Crippen molar-refractivity contribution in [2.45, 2.75) is 6.92 Å². The number of anilines is 1. The molecule has 7 heteroatoms. The van der Waals surface area contributed by atoms with Crippen LogP contribution >= 0.6 is 0 Å². The van der Waals surface area contributed by atoms with E-state index in [2.05, 4.69) is 5.32 Å². The Bertz CT molecular complexity index is 542. The summed E-state index contributed by atoms with van der Waals surface area (Å²) in [7, 11) is -2.12. The molecule has 1 aromatic rings. The van der Waals surface area contributed by atoms with E-state index in [1.807, 2.05) is 0 Å². The van der Waals surface area contributed by atoms with Crippen LogP contribution in [0.15, 0.2) is 24.3 Å². The fraction of sp³-hybridized carbons (Fsp3) is 0.417. The molecule has 1 rings (SSSR count). The van der Waals surface area contributed by atoms with Crippen LogP contribution < -0.4 is 14.4 Å². The van der Waals surface area contributed by atoms with E-state index in [-0.39, 0.29) is 6.54 Å². The maximum absolute atomic E-state index is 11.8. The maximum atomic E-state index is 11.8. The molecule has 0 aromatic heterocycles. The van der Waals surface area contributed by atoms with Crippen molar-refractivity contribution in [3.05, 3.63) is 24.3 Å². The summed E-state index contributed by atoms with van der Waals surface area (Å²) < 4.78 is 30.1. The number of nitrogens with one attached hydrogen (secondary N) is 1. The van der Waals surface area contributed by atoms with Gasteiger partial charge in [-0.3, -0.25) is 9.10 Å². The van der Waals surface area contributed by atoms with Crippen molar-refractivity contribution in [2.24, 2.45) is 0 Å². The summed E-state index contributed by atoms with van der Waals surface area (Å²) in [6.07, 6.45) is 1.05. The normalized spacial score (nSPS) is 10.9. The second kappa shape index (κ2) is 6.42. The largest absolute Gasteiger partial charge is 0.492 e. The molecule has 0 heterocycles. The van der Waals surface area contributed by atoms with Gasteiger partial charge in [0.2, 0.25) is 15.9 Å². The van der Waals surface area contributed by atoms with Crippen LogP contribution in [0.25, 0.3) is 0 Å². The summed E-state index contributed by atoms with van der Waals surface area (Å²) in [4.78, 5) is 11.5. The number of sulfonamides is 1. The van der Waals surface area contributed by atoms with Gasteiger partial charge in [0.05, 0.1) is 18.6 Å². The number of nitrogens with zero attached hydrogens (tertiary/aromatic N) is 1. The number of para-hydroxylation sites is 2. The van der Waals surface area contributed by atoms with Crippen LogP contribution in [0.2, 0.25) is 0 Å². The van der Waals surface area contributed by atoms with Crippen molar-refractivity contribution < 1.29 is 17.9 Å².